The summed E-state index contributed by atoms with van der Waals surface area (Å²) in [5.74, 6) is -0.342. The molecule has 2 aromatic carbocycles. The molecule has 0 amide bonds. The normalized spacial score (nSPS) is 11.7. The number of nitriles is 1. The predicted molar refractivity (Wildman–Crippen MR) is 97.7 cm³/mol. The Bertz CT molecular complexity index is 1450. The van der Waals surface area contributed by atoms with Crippen molar-refractivity contribution < 1.29 is 4.39 Å². The Hall–Kier alpha value is -3.17. The van der Waals surface area contributed by atoms with E-state index < -0.39 is 0 Å². The van der Waals surface area contributed by atoms with Crippen molar-refractivity contribution in [1.29, 1.82) is 5.26 Å². The van der Waals surface area contributed by atoms with Gasteiger partial charge in [-0.05, 0) is 30.3 Å². The van der Waals surface area contributed by atoms with Crippen LogP contribution in [0.15, 0.2) is 47.3 Å². The largest absolute Gasteiger partial charge is 0.328 e. The molecule has 0 atom stereocenters. The van der Waals surface area contributed by atoms with E-state index in [-0.39, 0.29) is 16.8 Å². The van der Waals surface area contributed by atoms with Crippen molar-refractivity contribution in [2.75, 3.05) is 0 Å². The fraction of sp³-hybridized carbons (Fsp3) is 0.0526. The molecule has 0 aliphatic rings. The van der Waals surface area contributed by atoms with Crippen molar-refractivity contribution in [2.45, 2.75) is 0 Å². The molecule has 0 bridgehead atoms. The minimum Gasteiger partial charge on any atom is -0.328 e. The highest BCUT2D eigenvalue weighted by molar-refractivity contribution is 7.25. The van der Waals surface area contributed by atoms with Crippen molar-refractivity contribution >= 4 is 48.3 Å². The van der Waals surface area contributed by atoms with Gasteiger partial charge in [0.05, 0.1) is 16.6 Å². The molecule has 25 heavy (non-hydrogen) atoms. The molecular weight excluding hydrogens is 337 g/mol. The minimum absolute atomic E-state index is 0.109. The van der Waals surface area contributed by atoms with Crippen molar-refractivity contribution in [3.8, 4) is 6.07 Å². The Kier molecular flexibility index (Phi) is 2.66. The van der Waals surface area contributed by atoms with Crippen LogP contribution in [0.25, 0.3) is 37.0 Å². The van der Waals surface area contributed by atoms with Crippen LogP contribution >= 0.6 is 11.3 Å². The van der Waals surface area contributed by atoms with Gasteiger partial charge in [-0.3, -0.25) is 9.20 Å². The van der Waals surface area contributed by atoms with Crippen LogP contribution in [0.2, 0.25) is 0 Å². The molecule has 0 spiro atoms. The Morgan fingerprint density at radius 3 is 2.68 bits per heavy atom. The van der Waals surface area contributed by atoms with Gasteiger partial charge in [0.15, 0.2) is 0 Å². The second-order valence-electron chi connectivity index (χ2n) is 5.94. The maximum Gasteiger partial charge on any atom is 0.219 e. The van der Waals surface area contributed by atoms with E-state index in [9.17, 15) is 14.4 Å². The van der Waals surface area contributed by atoms with Crippen molar-refractivity contribution in [3.05, 3.63) is 64.1 Å². The van der Waals surface area contributed by atoms with E-state index in [2.05, 4.69) is 6.07 Å². The lowest BCUT2D eigenvalue weighted by Crippen LogP contribution is -2.10. The Labute approximate surface area is 144 Å². The summed E-state index contributed by atoms with van der Waals surface area (Å²) in [4.78, 5) is 12.9. The Morgan fingerprint density at radius 2 is 1.92 bits per heavy atom. The molecule has 0 saturated heterocycles. The van der Waals surface area contributed by atoms with Crippen molar-refractivity contribution in [3.63, 3.8) is 0 Å². The summed E-state index contributed by atoms with van der Waals surface area (Å²) >= 11 is 1.23. The Balaban J connectivity index is 2.26. The summed E-state index contributed by atoms with van der Waals surface area (Å²) in [7, 11) is 1.85. The van der Waals surface area contributed by atoms with Gasteiger partial charge in [-0.2, -0.15) is 5.26 Å². The lowest BCUT2D eigenvalue weighted by Gasteiger charge is -2.03. The number of fused-ring (bicyclic) bond motifs is 7. The SMILES string of the molecule is Cn1c2ccccc2n2c3c(sc4cc(F)ccc43)c(=O)c(C#N)c12. The second kappa shape index (κ2) is 4.68. The van der Waals surface area contributed by atoms with E-state index >= 15 is 0 Å². The zero-order valence-corrected chi connectivity index (χ0v) is 13.9. The van der Waals surface area contributed by atoms with E-state index in [1.807, 2.05) is 40.3 Å². The first-order chi connectivity index (χ1) is 12.1. The highest BCUT2D eigenvalue weighted by Gasteiger charge is 2.21. The number of para-hydroxylation sites is 2. The molecule has 3 aromatic heterocycles. The van der Waals surface area contributed by atoms with Gasteiger partial charge in [0.1, 0.15) is 27.8 Å². The number of halogens is 1. The molecule has 0 aliphatic carbocycles. The van der Waals surface area contributed by atoms with Crippen LogP contribution in [0.4, 0.5) is 4.39 Å². The van der Waals surface area contributed by atoms with Gasteiger partial charge < -0.3 is 4.57 Å². The molecule has 3 heterocycles. The average Bonchev–Trinajstić information content (AvgIpc) is 3.12. The quantitative estimate of drug-likeness (QED) is 0.422. The highest BCUT2D eigenvalue weighted by Crippen LogP contribution is 2.35. The van der Waals surface area contributed by atoms with Gasteiger partial charge in [0.2, 0.25) is 5.43 Å². The molecule has 6 heteroatoms. The number of nitrogens with zero attached hydrogens (tertiary/aromatic N) is 3. The second-order valence-corrected chi connectivity index (χ2v) is 7.00. The van der Waals surface area contributed by atoms with Crippen LogP contribution < -0.4 is 5.43 Å². The summed E-state index contributed by atoms with van der Waals surface area (Å²) in [6.07, 6.45) is 0. The van der Waals surface area contributed by atoms with Gasteiger partial charge in [0, 0.05) is 17.1 Å². The fourth-order valence-corrected chi connectivity index (χ4v) is 4.73. The van der Waals surface area contributed by atoms with E-state index in [1.165, 1.54) is 23.5 Å². The molecule has 5 rings (SSSR count). The number of hydrogen-bond acceptors (Lipinski definition) is 3. The summed E-state index contributed by atoms with van der Waals surface area (Å²) in [6.45, 7) is 0. The van der Waals surface area contributed by atoms with E-state index in [1.54, 1.807) is 6.07 Å². The molecule has 0 aliphatic heterocycles. The van der Waals surface area contributed by atoms with Crippen LogP contribution in [0.1, 0.15) is 5.56 Å². The molecular formula is C19H10FN3OS. The van der Waals surface area contributed by atoms with E-state index in [0.717, 1.165) is 21.9 Å². The minimum atomic E-state index is -0.342. The highest BCUT2D eigenvalue weighted by atomic mass is 32.1. The number of benzene rings is 2. The maximum absolute atomic E-state index is 13.6. The lowest BCUT2D eigenvalue weighted by molar-refractivity contribution is 0.630. The van der Waals surface area contributed by atoms with Crippen LogP contribution in [-0.2, 0) is 7.05 Å². The predicted octanol–water partition coefficient (Wildman–Crippen LogP) is 4.17. The monoisotopic (exact) mass is 347 g/mol. The first-order valence-corrected chi connectivity index (χ1v) is 8.47. The first-order valence-electron chi connectivity index (χ1n) is 7.66. The van der Waals surface area contributed by atoms with Crippen LogP contribution in [0.5, 0.6) is 0 Å². The molecule has 0 N–H and O–H groups in total. The molecule has 0 saturated carbocycles. The first kappa shape index (κ1) is 14.2. The Morgan fingerprint density at radius 1 is 1.16 bits per heavy atom. The number of rotatable bonds is 0. The lowest BCUT2D eigenvalue weighted by atomic mass is 10.2. The molecule has 0 unspecified atom stereocenters. The van der Waals surface area contributed by atoms with Gasteiger partial charge in [-0.25, -0.2) is 4.39 Å². The number of pyridine rings is 1. The molecule has 0 fully saturated rings. The number of imidazole rings is 1. The summed E-state index contributed by atoms with van der Waals surface area (Å²) in [5.41, 5.74) is 2.93. The molecule has 0 radical (unpaired) electrons. The topological polar surface area (TPSA) is 50.2 Å². The summed E-state index contributed by atoms with van der Waals surface area (Å²) in [6, 6.07) is 14.3. The zero-order valence-electron chi connectivity index (χ0n) is 13.1. The van der Waals surface area contributed by atoms with Crippen molar-refractivity contribution in [1.82, 2.24) is 8.97 Å². The van der Waals surface area contributed by atoms with Crippen LogP contribution in [0.3, 0.4) is 0 Å². The fourth-order valence-electron chi connectivity index (χ4n) is 3.57. The zero-order chi connectivity index (χ0) is 17.3. The summed E-state index contributed by atoms with van der Waals surface area (Å²) < 4.78 is 18.6. The number of thiophene rings is 1. The van der Waals surface area contributed by atoms with Crippen LogP contribution in [-0.4, -0.2) is 8.97 Å². The van der Waals surface area contributed by atoms with Crippen LogP contribution in [0, 0.1) is 17.1 Å². The maximum atomic E-state index is 13.6. The summed E-state index contributed by atoms with van der Waals surface area (Å²) in [5, 5.41) is 10.4. The smallest absolute Gasteiger partial charge is 0.219 e. The third-order valence-electron chi connectivity index (χ3n) is 4.63. The standard InChI is InChI=1S/C19H10FN3OS/c1-22-13-4-2-3-5-14(13)23-16-11-7-6-10(20)8-15(11)25-18(16)17(24)12(9-21)19(22)23/h2-8H,1H3. The number of hydrogen-bond donors (Lipinski definition) is 0. The van der Waals surface area contributed by atoms with E-state index in [0.29, 0.717) is 15.0 Å². The third-order valence-corrected chi connectivity index (χ3v) is 5.77. The molecule has 120 valence electrons. The number of aryl methyl sites for hydroxylation is 1. The van der Waals surface area contributed by atoms with Gasteiger partial charge in [-0.15, -0.1) is 11.3 Å². The number of aromatic nitrogens is 2. The van der Waals surface area contributed by atoms with Gasteiger partial charge >= 0.3 is 0 Å². The third kappa shape index (κ3) is 1.65. The van der Waals surface area contributed by atoms with Gasteiger partial charge in [-0.1, -0.05) is 12.1 Å². The van der Waals surface area contributed by atoms with Crippen molar-refractivity contribution in [2.24, 2.45) is 7.05 Å². The van der Waals surface area contributed by atoms with Gasteiger partial charge in [0.25, 0.3) is 0 Å². The molecule has 4 nitrogen and oxygen atoms in total. The average molecular weight is 347 g/mol. The van der Waals surface area contributed by atoms with E-state index in [4.69, 9.17) is 0 Å². The molecule has 5 aromatic rings.